The maximum Gasteiger partial charge on any atom is 0.139 e. The third-order valence-corrected chi connectivity index (χ3v) is 7.08. The number of fused-ring (bicyclic) bond motifs is 3. The van der Waals surface area contributed by atoms with Crippen LogP contribution >= 0.6 is 23.7 Å². The summed E-state index contributed by atoms with van der Waals surface area (Å²) in [5, 5.41) is 1.16. The van der Waals surface area contributed by atoms with E-state index in [1.54, 1.807) is 11.8 Å². The zero-order valence-corrected chi connectivity index (χ0v) is 16.8. The molecule has 1 saturated heterocycles. The molecule has 1 aromatic carbocycles. The summed E-state index contributed by atoms with van der Waals surface area (Å²) in [6.07, 6.45) is 10.2. The molecule has 1 N–H and O–H groups in total. The Morgan fingerprint density at radius 1 is 1.04 bits per heavy atom. The summed E-state index contributed by atoms with van der Waals surface area (Å²) < 4.78 is 4.85. The minimum atomic E-state index is 0.492. The molecule has 0 amide bonds. The fraction of sp³-hybridized carbons (Fsp3) is 0.300. The van der Waals surface area contributed by atoms with Crippen LogP contribution in [0.3, 0.4) is 0 Å². The van der Waals surface area contributed by atoms with Crippen molar-refractivity contribution in [2.75, 3.05) is 19.3 Å². The van der Waals surface area contributed by atoms with Crippen LogP contribution in [-0.4, -0.2) is 43.2 Å². The topological polar surface area (TPSA) is 49.7 Å². The number of aromatic amines is 1. The van der Waals surface area contributed by atoms with Crippen molar-refractivity contribution in [3.8, 4) is 0 Å². The Balaban J connectivity index is 1.31. The summed E-state index contributed by atoms with van der Waals surface area (Å²) in [7, 11) is 0. The van der Waals surface area contributed by atoms with Crippen molar-refractivity contribution in [2.24, 2.45) is 0 Å². The van der Waals surface area contributed by atoms with Crippen LogP contribution in [0.15, 0.2) is 58.8 Å². The number of aromatic nitrogens is 4. The van der Waals surface area contributed by atoms with E-state index in [0.717, 1.165) is 42.5 Å². The van der Waals surface area contributed by atoms with Crippen LogP contribution in [0.4, 0.5) is 0 Å². The predicted molar refractivity (Wildman–Crippen MR) is 113 cm³/mol. The van der Waals surface area contributed by atoms with Crippen LogP contribution in [0.1, 0.15) is 18.9 Å². The van der Waals surface area contributed by atoms with Gasteiger partial charge in [0.05, 0.1) is 18.0 Å². The summed E-state index contributed by atoms with van der Waals surface area (Å²) >= 11 is 3.66. The SMILES string of the molecule is CSc1ccc(SN2CCC(n3cnc4cnc5[nH]ccc5c43)CC2)cc1. The number of benzene rings is 1. The normalized spacial score (nSPS) is 16.5. The van der Waals surface area contributed by atoms with Crippen LogP contribution in [0.5, 0.6) is 0 Å². The third-order valence-electron chi connectivity index (χ3n) is 5.23. The molecule has 0 spiro atoms. The Morgan fingerprint density at radius 2 is 1.81 bits per heavy atom. The van der Waals surface area contributed by atoms with Gasteiger partial charge in [0.2, 0.25) is 0 Å². The number of nitrogens with zero attached hydrogens (tertiary/aromatic N) is 4. The lowest BCUT2D eigenvalue weighted by Crippen LogP contribution is -2.29. The van der Waals surface area contributed by atoms with Gasteiger partial charge in [0.15, 0.2) is 0 Å². The standard InChI is InChI=1S/C20H21N5S2/c1-26-15-2-4-16(5-3-15)27-24-10-7-14(8-11-24)25-13-23-18-12-22-20-17(19(18)25)6-9-21-20/h2-6,9,12-14H,7-8,10-11H2,1H3,(H,21,22). The molecule has 0 radical (unpaired) electrons. The minimum Gasteiger partial charge on any atom is -0.346 e. The monoisotopic (exact) mass is 395 g/mol. The molecule has 4 heterocycles. The molecule has 138 valence electrons. The average molecular weight is 396 g/mol. The van der Waals surface area contributed by atoms with Gasteiger partial charge in [0, 0.05) is 40.5 Å². The van der Waals surface area contributed by atoms with Crippen molar-refractivity contribution in [3.05, 3.63) is 49.1 Å². The van der Waals surface area contributed by atoms with E-state index >= 15 is 0 Å². The molecule has 0 saturated carbocycles. The van der Waals surface area contributed by atoms with Crippen LogP contribution in [-0.2, 0) is 0 Å². The van der Waals surface area contributed by atoms with Crippen molar-refractivity contribution >= 4 is 45.8 Å². The first kappa shape index (κ1) is 17.2. The lowest BCUT2D eigenvalue weighted by Gasteiger charge is -2.32. The number of thioether (sulfide) groups is 1. The molecule has 1 aliphatic heterocycles. The Bertz CT molecular complexity index is 1060. The Hall–Kier alpha value is -1.96. The molecule has 3 aromatic heterocycles. The van der Waals surface area contributed by atoms with Gasteiger partial charge < -0.3 is 9.55 Å². The number of piperidine rings is 1. The van der Waals surface area contributed by atoms with Gasteiger partial charge in [0.1, 0.15) is 11.2 Å². The number of hydrogen-bond donors (Lipinski definition) is 1. The second-order valence-corrected chi connectivity index (χ2v) is 8.86. The van der Waals surface area contributed by atoms with E-state index < -0.39 is 0 Å². The summed E-state index contributed by atoms with van der Waals surface area (Å²) in [5.74, 6) is 0. The van der Waals surface area contributed by atoms with E-state index in [9.17, 15) is 0 Å². The number of imidazole rings is 1. The summed E-state index contributed by atoms with van der Waals surface area (Å²) in [6, 6.07) is 11.4. The smallest absolute Gasteiger partial charge is 0.139 e. The molecule has 5 nitrogen and oxygen atoms in total. The second-order valence-electron chi connectivity index (χ2n) is 6.81. The molecular weight excluding hydrogens is 374 g/mol. The fourth-order valence-electron chi connectivity index (χ4n) is 3.81. The highest BCUT2D eigenvalue weighted by atomic mass is 32.2. The minimum absolute atomic E-state index is 0.492. The van der Waals surface area contributed by atoms with Crippen molar-refractivity contribution in [1.82, 2.24) is 23.8 Å². The van der Waals surface area contributed by atoms with Crippen LogP contribution in [0.2, 0.25) is 0 Å². The van der Waals surface area contributed by atoms with Gasteiger partial charge in [-0.15, -0.1) is 11.8 Å². The molecule has 0 aliphatic carbocycles. The van der Waals surface area contributed by atoms with E-state index in [2.05, 4.69) is 60.4 Å². The van der Waals surface area contributed by atoms with Gasteiger partial charge in [-0.05, 0) is 61.4 Å². The van der Waals surface area contributed by atoms with Crippen LogP contribution < -0.4 is 0 Å². The predicted octanol–water partition coefficient (Wildman–Crippen LogP) is 4.98. The Kier molecular flexibility index (Phi) is 4.59. The van der Waals surface area contributed by atoms with Gasteiger partial charge >= 0.3 is 0 Å². The molecule has 0 unspecified atom stereocenters. The molecule has 0 bridgehead atoms. The number of H-pyrrole nitrogens is 1. The summed E-state index contributed by atoms with van der Waals surface area (Å²) in [6.45, 7) is 2.17. The fourth-order valence-corrected chi connectivity index (χ4v) is 5.16. The first-order valence-electron chi connectivity index (χ1n) is 9.17. The van der Waals surface area contributed by atoms with Crippen molar-refractivity contribution in [2.45, 2.75) is 28.7 Å². The van der Waals surface area contributed by atoms with Crippen molar-refractivity contribution in [1.29, 1.82) is 0 Å². The first-order valence-corrected chi connectivity index (χ1v) is 11.2. The van der Waals surface area contributed by atoms with Gasteiger partial charge in [-0.2, -0.15) is 0 Å². The van der Waals surface area contributed by atoms with E-state index in [4.69, 9.17) is 0 Å². The summed E-state index contributed by atoms with van der Waals surface area (Å²) in [4.78, 5) is 14.9. The van der Waals surface area contributed by atoms with E-state index in [0.29, 0.717) is 6.04 Å². The molecule has 5 rings (SSSR count). The highest BCUT2D eigenvalue weighted by molar-refractivity contribution is 7.98. The van der Waals surface area contributed by atoms with E-state index in [1.807, 2.05) is 30.7 Å². The highest BCUT2D eigenvalue weighted by Gasteiger charge is 2.23. The van der Waals surface area contributed by atoms with Crippen molar-refractivity contribution in [3.63, 3.8) is 0 Å². The molecule has 27 heavy (non-hydrogen) atoms. The van der Waals surface area contributed by atoms with Crippen molar-refractivity contribution < 1.29 is 0 Å². The highest BCUT2D eigenvalue weighted by Crippen LogP contribution is 2.34. The first-order chi connectivity index (χ1) is 13.3. The van der Waals surface area contributed by atoms with Gasteiger partial charge in [0.25, 0.3) is 0 Å². The maximum atomic E-state index is 4.59. The van der Waals surface area contributed by atoms with Crippen LogP contribution in [0, 0.1) is 0 Å². The molecule has 4 aromatic rings. The Morgan fingerprint density at radius 3 is 2.59 bits per heavy atom. The molecule has 1 aliphatic rings. The molecule has 0 atom stereocenters. The number of pyridine rings is 1. The molecule has 1 fully saturated rings. The second kappa shape index (κ2) is 7.22. The average Bonchev–Trinajstić information content (AvgIpc) is 3.35. The lowest BCUT2D eigenvalue weighted by atomic mass is 10.1. The third kappa shape index (κ3) is 3.24. The quantitative estimate of drug-likeness (QED) is 0.390. The van der Waals surface area contributed by atoms with Gasteiger partial charge in [-0.25, -0.2) is 14.3 Å². The van der Waals surface area contributed by atoms with Gasteiger partial charge in [-0.1, -0.05) is 0 Å². The molecular formula is C20H21N5S2. The molecule has 7 heteroatoms. The number of rotatable bonds is 4. The van der Waals surface area contributed by atoms with Gasteiger partial charge in [-0.3, -0.25) is 0 Å². The maximum absolute atomic E-state index is 4.59. The summed E-state index contributed by atoms with van der Waals surface area (Å²) in [5.41, 5.74) is 3.12. The lowest BCUT2D eigenvalue weighted by molar-refractivity contribution is 0.295. The zero-order valence-electron chi connectivity index (χ0n) is 15.1. The number of nitrogens with one attached hydrogen (secondary N) is 1. The van der Waals surface area contributed by atoms with Crippen LogP contribution in [0.25, 0.3) is 22.1 Å². The van der Waals surface area contributed by atoms with E-state index in [-0.39, 0.29) is 0 Å². The largest absolute Gasteiger partial charge is 0.346 e. The Labute approximate surface area is 166 Å². The number of hydrogen-bond acceptors (Lipinski definition) is 5. The zero-order chi connectivity index (χ0) is 18.2. The van der Waals surface area contributed by atoms with E-state index in [1.165, 1.54) is 15.3 Å².